The number of aliphatic imine (C=N–C) groups is 1. The quantitative estimate of drug-likeness (QED) is 0.197. The maximum atomic E-state index is 15.4. The number of hydrogen-bond donors (Lipinski definition) is 5. The highest BCUT2D eigenvalue weighted by Crippen LogP contribution is 2.36. The van der Waals surface area contributed by atoms with Crippen molar-refractivity contribution < 1.29 is 33.3 Å². The van der Waals surface area contributed by atoms with Gasteiger partial charge in [0.05, 0.1) is 13.1 Å². The van der Waals surface area contributed by atoms with Gasteiger partial charge in [-0.05, 0) is 30.3 Å². The lowest BCUT2D eigenvalue weighted by Gasteiger charge is -2.16. The molecule has 13 heteroatoms. The van der Waals surface area contributed by atoms with Crippen molar-refractivity contribution in [3.8, 4) is 29.0 Å². The molecule has 0 fully saturated rings. The minimum atomic E-state index is -1.24. The lowest BCUT2D eigenvalue weighted by atomic mass is 10.2. The van der Waals surface area contributed by atoms with Crippen LogP contribution in [0.3, 0.4) is 0 Å². The zero-order chi connectivity index (χ0) is 27.4. The Kier molecular flexibility index (Phi) is 7.67. The van der Waals surface area contributed by atoms with Gasteiger partial charge in [-0.3, -0.25) is 15.2 Å². The van der Waals surface area contributed by atoms with Gasteiger partial charge in [-0.25, -0.2) is 8.78 Å². The number of pyridine rings is 1. The summed E-state index contributed by atoms with van der Waals surface area (Å²) in [5.41, 5.74) is 5.78. The molecule has 0 spiro atoms. The molecule has 0 unspecified atom stereocenters. The van der Waals surface area contributed by atoms with Crippen LogP contribution in [0.2, 0.25) is 0 Å². The smallest absolute Gasteiger partial charge is 0.317 e. The van der Waals surface area contributed by atoms with E-state index in [4.69, 9.17) is 25.7 Å². The molecule has 1 aliphatic rings. The second-order valence-electron chi connectivity index (χ2n) is 8.28. The molecule has 0 radical (unpaired) electrons. The Morgan fingerprint density at radius 1 is 1.18 bits per heavy atom. The number of carboxylic acids is 1. The molecule has 38 heavy (non-hydrogen) atoms. The van der Waals surface area contributed by atoms with Crippen LogP contribution < -0.4 is 20.5 Å². The van der Waals surface area contributed by atoms with Gasteiger partial charge in [-0.2, -0.15) is 4.98 Å². The van der Waals surface area contributed by atoms with Gasteiger partial charge >= 0.3 is 5.97 Å². The molecule has 4 rings (SSSR count). The van der Waals surface area contributed by atoms with Gasteiger partial charge in [-0.15, -0.1) is 0 Å². The summed E-state index contributed by atoms with van der Waals surface area (Å²) in [6, 6.07) is 10.4. The van der Waals surface area contributed by atoms with Crippen LogP contribution in [0.25, 0.3) is 0 Å². The van der Waals surface area contributed by atoms with Crippen molar-refractivity contribution in [2.24, 2.45) is 10.7 Å². The summed E-state index contributed by atoms with van der Waals surface area (Å²) in [5.74, 6) is -5.16. The number of nitrogens with zero attached hydrogens (tertiary/aromatic N) is 3. The predicted octanol–water partition coefficient (Wildman–Crippen LogP) is 2.80. The molecule has 0 saturated heterocycles. The van der Waals surface area contributed by atoms with E-state index in [2.05, 4.69) is 15.3 Å². The lowest BCUT2D eigenvalue weighted by Crippen LogP contribution is -2.23. The number of phenols is 1. The number of rotatable bonds is 10. The van der Waals surface area contributed by atoms with E-state index in [1.165, 1.54) is 18.2 Å². The molecule has 198 valence electrons. The van der Waals surface area contributed by atoms with Crippen LogP contribution in [0, 0.1) is 17.0 Å². The highest BCUT2D eigenvalue weighted by atomic mass is 19.1. The monoisotopic (exact) mass is 526 g/mol. The Morgan fingerprint density at radius 3 is 2.58 bits per heavy atom. The molecule has 2 aromatic carbocycles. The average Bonchev–Trinajstić information content (AvgIpc) is 3.31. The molecule has 0 bridgehead atoms. The number of aromatic nitrogens is 1. The van der Waals surface area contributed by atoms with E-state index >= 15 is 8.78 Å². The fourth-order valence-corrected chi connectivity index (χ4v) is 3.65. The lowest BCUT2D eigenvalue weighted by molar-refractivity contribution is -0.136. The summed E-state index contributed by atoms with van der Waals surface area (Å²) in [7, 11) is 1.89. The van der Waals surface area contributed by atoms with E-state index in [0.717, 1.165) is 17.9 Å². The maximum absolute atomic E-state index is 15.4. The molecule has 6 N–H and O–H groups in total. The summed E-state index contributed by atoms with van der Waals surface area (Å²) >= 11 is 0. The number of ether oxygens (including phenoxy) is 2. The molecular formula is C25H24F2N6O5. The van der Waals surface area contributed by atoms with Gasteiger partial charge in [0.2, 0.25) is 0 Å². The number of nitrogen functional groups attached to an aromatic ring is 1. The van der Waals surface area contributed by atoms with E-state index < -0.39 is 53.8 Å². The fourth-order valence-electron chi connectivity index (χ4n) is 3.65. The number of nitrogens with one attached hydrogen (secondary N) is 2. The third-order valence-corrected chi connectivity index (χ3v) is 5.53. The Bertz CT molecular complexity index is 1430. The number of nitrogens with two attached hydrogens (primary N) is 1. The summed E-state index contributed by atoms with van der Waals surface area (Å²) in [6.45, 7) is 0.294. The third-order valence-electron chi connectivity index (χ3n) is 5.53. The van der Waals surface area contributed by atoms with Gasteiger partial charge in [0.25, 0.3) is 11.8 Å². The van der Waals surface area contributed by atoms with Crippen molar-refractivity contribution in [2.45, 2.75) is 6.54 Å². The second kappa shape index (κ2) is 11.1. The van der Waals surface area contributed by atoms with E-state index in [0.29, 0.717) is 6.54 Å². The summed E-state index contributed by atoms with van der Waals surface area (Å²) in [6.07, 6.45) is 0. The fraction of sp³-hybridized carbons (Fsp3) is 0.200. The minimum absolute atomic E-state index is 0.178. The normalized spacial score (nSPS) is 12.8. The zero-order valence-electron chi connectivity index (χ0n) is 20.2. The second-order valence-corrected chi connectivity index (χ2v) is 8.28. The first-order valence-corrected chi connectivity index (χ1v) is 11.3. The van der Waals surface area contributed by atoms with Crippen molar-refractivity contribution >= 4 is 17.6 Å². The number of halogens is 2. The number of hydrogen-bond acceptors (Lipinski definition) is 9. The third kappa shape index (κ3) is 5.78. The SMILES string of the molecule is CN1CCN=C1c1cccc(Oc2nc(Oc3cc(C(=N)N)ccc3O)c(F)c(CNCC(=O)O)c2F)c1. The van der Waals surface area contributed by atoms with Gasteiger partial charge in [0.1, 0.15) is 17.4 Å². The summed E-state index contributed by atoms with van der Waals surface area (Å²) in [5, 5.41) is 29.0. The number of carboxylic acid groups (broad SMARTS) is 1. The van der Waals surface area contributed by atoms with Crippen LogP contribution in [0.4, 0.5) is 8.78 Å². The Balaban J connectivity index is 1.73. The molecule has 1 aliphatic heterocycles. The van der Waals surface area contributed by atoms with Crippen LogP contribution >= 0.6 is 0 Å². The van der Waals surface area contributed by atoms with E-state index in [1.807, 2.05) is 18.0 Å². The summed E-state index contributed by atoms with van der Waals surface area (Å²) < 4.78 is 41.8. The largest absolute Gasteiger partial charge is 0.504 e. The Morgan fingerprint density at radius 2 is 1.92 bits per heavy atom. The number of carbonyl (C=O) groups is 1. The molecular weight excluding hydrogens is 502 g/mol. The van der Waals surface area contributed by atoms with Crippen molar-refractivity contribution in [1.82, 2.24) is 15.2 Å². The summed E-state index contributed by atoms with van der Waals surface area (Å²) in [4.78, 5) is 21.1. The molecule has 0 aliphatic carbocycles. The first kappa shape index (κ1) is 26.3. The maximum Gasteiger partial charge on any atom is 0.317 e. The van der Waals surface area contributed by atoms with E-state index in [-0.39, 0.29) is 22.9 Å². The van der Waals surface area contributed by atoms with Crippen molar-refractivity contribution in [2.75, 3.05) is 26.7 Å². The number of aromatic hydroxyl groups is 1. The number of amidine groups is 2. The molecule has 1 aromatic heterocycles. The van der Waals surface area contributed by atoms with Crippen molar-refractivity contribution in [1.29, 1.82) is 5.41 Å². The number of likely N-dealkylation sites (N-methyl/N-ethyl adjacent to an activating group) is 1. The van der Waals surface area contributed by atoms with Gasteiger partial charge in [0.15, 0.2) is 23.1 Å². The van der Waals surface area contributed by atoms with Crippen LogP contribution in [0.5, 0.6) is 29.0 Å². The van der Waals surface area contributed by atoms with Gasteiger partial charge < -0.3 is 35.6 Å². The number of aliphatic carboxylic acids is 1. The van der Waals surface area contributed by atoms with Crippen LogP contribution in [-0.2, 0) is 11.3 Å². The molecule has 3 aromatic rings. The Hall–Kier alpha value is -4.78. The minimum Gasteiger partial charge on any atom is -0.504 e. The van der Waals surface area contributed by atoms with Crippen LogP contribution in [0.15, 0.2) is 47.5 Å². The molecule has 0 amide bonds. The average molecular weight is 527 g/mol. The topological polar surface area (TPSA) is 166 Å². The van der Waals surface area contributed by atoms with Gasteiger partial charge in [-0.1, -0.05) is 12.1 Å². The van der Waals surface area contributed by atoms with E-state index in [9.17, 15) is 9.90 Å². The number of benzene rings is 2. The molecule has 11 nitrogen and oxygen atoms in total. The molecule has 0 atom stereocenters. The number of phenolic OH excluding ortho intramolecular Hbond substituents is 1. The van der Waals surface area contributed by atoms with Crippen LogP contribution in [-0.4, -0.2) is 64.4 Å². The first-order valence-electron chi connectivity index (χ1n) is 11.3. The van der Waals surface area contributed by atoms with Gasteiger partial charge in [0, 0.05) is 36.8 Å². The van der Waals surface area contributed by atoms with E-state index in [1.54, 1.807) is 18.2 Å². The highest BCUT2D eigenvalue weighted by molar-refractivity contribution is 6.00. The van der Waals surface area contributed by atoms with Crippen LogP contribution in [0.1, 0.15) is 16.7 Å². The zero-order valence-corrected chi connectivity index (χ0v) is 20.2. The Labute approximate surface area is 215 Å². The predicted molar refractivity (Wildman–Crippen MR) is 133 cm³/mol. The molecule has 2 heterocycles. The highest BCUT2D eigenvalue weighted by Gasteiger charge is 2.25. The van der Waals surface area contributed by atoms with Crippen molar-refractivity contribution in [3.63, 3.8) is 0 Å². The van der Waals surface area contributed by atoms with Crippen molar-refractivity contribution in [3.05, 3.63) is 70.8 Å². The standard InChI is InChI=1S/C25H24F2N6O5/c1-33-8-7-31-23(33)14-3-2-4-15(9-14)37-24-20(26)16(11-30-12-19(35)36)21(27)25(32-24)38-18-10-13(22(28)29)5-6-17(18)34/h2-6,9-10,30,34H,7-8,11-12H2,1H3,(H3,28,29)(H,35,36). The molecule has 0 saturated carbocycles. The first-order chi connectivity index (χ1) is 18.1.